The fourth-order valence-electron chi connectivity index (χ4n) is 12.2. The molecular formula is C47H49F3N6O5. The van der Waals surface area contributed by atoms with Crippen molar-refractivity contribution in [1.82, 2.24) is 24.8 Å². The molecule has 2 aromatic carbocycles. The fraction of sp³-hybridized carbons (Fsp3) is 0.532. The first-order valence-corrected chi connectivity index (χ1v) is 22.1. The molecule has 1 aliphatic carbocycles. The van der Waals surface area contributed by atoms with E-state index in [9.17, 15) is 14.3 Å². The Kier molecular flexibility index (Phi) is 9.38. The summed E-state index contributed by atoms with van der Waals surface area (Å²) in [5.41, 5.74) is 0.0835. The van der Waals surface area contributed by atoms with Crippen LogP contribution in [0.2, 0.25) is 0 Å². The summed E-state index contributed by atoms with van der Waals surface area (Å²) in [4.78, 5) is 34.5. The number of fused-ring (bicyclic) bond motifs is 7. The Labute approximate surface area is 351 Å². The van der Waals surface area contributed by atoms with Crippen LogP contribution in [-0.2, 0) is 6.54 Å². The number of nitrogens with zero attached hydrogens (tertiary/aromatic N) is 6. The van der Waals surface area contributed by atoms with Gasteiger partial charge in [0.1, 0.15) is 41.4 Å². The molecule has 5 fully saturated rings. The quantitative estimate of drug-likeness (QED) is 0.159. The number of piperazine rings is 1. The van der Waals surface area contributed by atoms with Crippen molar-refractivity contribution in [3.63, 3.8) is 0 Å². The lowest BCUT2D eigenvalue weighted by Crippen LogP contribution is -2.60. The number of benzene rings is 2. The van der Waals surface area contributed by atoms with Crippen LogP contribution in [0.1, 0.15) is 119 Å². The van der Waals surface area contributed by atoms with E-state index in [2.05, 4.69) is 27.5 Å². The number of phenols is 1. The monoisotopic (exact) mass is 834 g/mol. The van der Waals surface area contributed by atoms with Gasteiger partial charge in [0, 0.05) is 54.5 Å². The van der Waals surface area contributed by atoms with Gasteiger partial charge in [-0.15, -0.1) is 6.42 Å². The number of aromatic hydroxyl groups is 1. The number of ether oxygens (including phenoxy) is 1. The van der Waals surface area contributed by atoms with Crippen LogP contribution in [0, 0.1) is 24.0 Å². The maximum atomic E-state index is 17.7. The number of rotatable bonds is 7. The maximum Gasteiger partial charge on any atom is 0.519 e. The van der Waals surface area contributed by atoms with Gasteiger partial charge < -0.3 is 23.6 Å². The minimum Gasteiger partial charge on any atom is -0.508 e. The molecule has 11 rings (SSSR count). The third-order valence-electron chi connectivity index (χ3n) is 15.0. The molecule has 6 aliphatic rings. The number of pyridine rings is 1. The van der Waals surface area contributed by atoms with Gasteiger partial charge >= 0.3 is 11.8 Å². The van der Waals surface area contributed by atoms with Crippen molar-refractivity contribution < 1.29 is 31.8 Å². The Morgan fingerprint density at radius 1 is 0.984 bits per heavy atom. The Morgan fingerprint density at radius 2 is 1.82 bits per heavy atom. The molecule has 6 atom stereocenters. The molecule has 1 N–H and O–H groups in total. The Bertz CT molecular complexity index is 2670. The second kappa shape index (κ2) is 14.8. The van der Waals surface area contributed by atoms with Gasteiger partial charge in [-0.25, -0.2) is 22.9 Å². The van der Waals surface area contributed by atoms with Gasteiger partial charge in [-0.3, -0.25) is 9.80 Å². The molecule has 4 saturated heterocycles. The van der Waals surface area contributed by atoms with E-state index in [0.29, 0.717) is 66.3 Å². The second-order valence-corrected chi connectivity index (χ2v) is 18.5. The van der Waals surface area contributed by atoms with Crippen LogP contribution in [-0.4, -0.2) is 85.9 Å². The van der Waals surface area contributed by atoms with Crippen molar-refractivity contribution >= 4 is 27.5 Å². The number of halogens is 3. The van der Waals surface area contributed by atoms with E-state index in [4.69, 9.17) is 34.9 Å². The Hall–Kier alpha value is -5.13. The van der Waals surface area contributed by atoms with Gasteiger partial charge in [0.2, 0.25) is 0 Å². The number of hydrogen-bond acceptors (Lipinski definition) is 11. The van der Waals surface area contributed by atoms with Crippen molar-refractivity contribution in [2.24, 2.45) is 0 Å². The molecule has 318 valence electrons. The lowest BCUT2D eigenvalue weighted by Gasteiger charge is -2.48. The standard InChI is InChI=1S/C47H49F3N6O5/c1-3-31-33(49)13-11-27-18-30(57)19-32(37(27)31)41-39(50)42-38-40(51-41)25(2)10-14-35-34-15-12-29(55(34)23-36-43(61-46(58)60-36)26-8-5-4-6-9-26)22-56(35)44(38)53-45(52-42)59-24-47-16-7-17-54(47)21-28(48)20-47/h1,11,13,18-19,25-26,28-29,34-35,57H,4-10,12,14-17,20-24H2,2H3/t25-,28-,29-,34+,35-,47+/m1/s1. The van der Waals surface area contributed by atoms with E-state index in [1.54, 1.807) is 0 Å². The fourth-order valence-corrected chi connectivity index (χ4v) is 12.2. The molecule has 0 radical (unpaired) electrons. The van der Waals surface area contributed by atoms with E-state index >= 15 is 8.78 Å². The predicted molar refractivity (Wildman–Crippen MR) is 223 cm³/mol. The molecule has 3 aromatic heterocycles. The summed E-state index contributed by atoms with van der Waals surface area (Å²) >= 11 is 0. The lowest BCUT2D eigenvalue weighted by atomic mass is 9.86. The maximum absolute atomic E-state index is 17.7. The summed E-state index contributed by atoms with van der Waals surface area (Å²) in [6.45, 7) is 4.42. The number of anilines is 1. The highest BCUT2D eigenvalue weighted by Gasteiger charge is 2.51. The Morgan fingerprint density at radius 3 is 2.66 bits per heavy atom. The van der Waals surface area contributed by atoms with Crippen molar-refractivity contribution in [3.8, 4) is 35.4 Å². The molecule has 8 heterocycles. The lowest BCUT2D eigenvalue weighted by molar-refractivity contribution is 0.106. The molecule has 0 amide bonds. The molecular weight excluding hydrogens is 786 g/mol. The van der Waals surface area contributed by atoms with Crippen molar-refractivity contribution in [2.75, 3.05) is 31.1 Å². The van der Waals surface area contributed by atoms with Gasteiger partial charge in [-0.1, -0.05) is 38.2 Å². The van der Waals surface area contributed by atoms with Gasteiger partial charge in [-0.2, -0.15) is 9.97 Å². The normalized spacial score (nSPS) is 27.9. The van der Waals surface area contributed by atoms with Gasteiger partial charge in [0.15, 0.2) is 17.3 Å². The van der Waals surface area contributed by atoms with E-state index in [0.717, 1.165) is 64.3 Å². The minimum absolute atomic E-state index is 0.00490. The van der Waals surface area contributed by atoms with Crippen molar-refractivity contribution in [3.05, 3.63) is 69.3 Å². The van der Waals surface area contributed by atoms with Crippen LogP contribution >= 0.6 is 0 Å². The van der Waals surface area contributed by atoms with Crippen LogP contribution in [0.4, 0.5) is 19.0 Å². The van der Waals surface area contributed by atoms with Gasteiger partial charge in [-0.05, 0) is 87.4 Å². The van der Waals surface area contributed by atoms with Crippen LogP contribution in [0.25, 0.3) is 32.9 Å². The molecule has 61 heavy (non-hydrogen) atoms. The largest absolute Gasteiger partial charge is 0.519 e. The first-order chi connectivity index (χ1) is 29.6. The van der Waals surface area contributed by atoms with Crippen molar-refractivity contribution in [1.29, 1.82) is 0 Å². The van der Waals surface area contributed by atoms with Crippen LogP contribution in [0.3, 0.4) is 0 Å². The zero-order valence-corrected chi connectivity index (χ0v) is 34.3. The van der Waals surface area contributed by atoms with Crippen LogP contribution in [0.5, 0.6) is 11.8 Å². The van der Waals surface area contributed by atoms with Crippen LogP contribution in [0.15, 0.2) is 37.9 Å². The SMILES string of the molecule is C#Cc1c(F)ccc2cc(O)cc(-c3nc4c5c(nc(OC[C@@]67CCCN6C[C@H](F)C7)nc5c3F)N3C[C@H]5CC[C@@H]([C@H]3CC[C@H]4C)N5Cc3oc(=O)oc3C3CCCCC3)c12. The predicted octanol–water partition coefficient (Wildman–Crippen LogP) is 8.48. The minimum atomic E-state index is -0.957. The molecule has 2 bridgehead atoms. The first-order valence-electron chi connectivity index (χ1n) is 22.1. The zero-order chi connectivity index (χ0) is 41.7. The molecule has 0 unspecified atom stereocenters. The Balaban J connectivity index is 1.05. The molecule has 11 nitrogen and oxygen atoms in total. The zero-order valence-electron chi connectivity index (χ0n) is 34.3. The van der Waals surface area contributed by atoms with Gasteiger partial charge in [0.05, 0.1) is 28.7 Å². The first kappa shape index (κ1) is 38.8. The average molecular weight is 835 g/mol. The number of phenolic OH excluding ortho intramolecular Hbond substituents is 1. The van der Waals surface area contributed by atoms with Gasteiger partial charge in [0.25, 0.3) is 0 Å². The topological polar surface area (TPSA) is 121 Å². The third kappa shape index (κ3) is 6.31. The summed E-state index contributed by atoms with van der Waals surface area (Å²) in [6.07, 6.45) is 15.6. The molecule has 1 saturated carbocycles. The number of alkyl halides is 1. The number of terminal acetylenes is 1. The van der Waals surface area contributed by atoms with E-state index in [1.807, 2.05) is 0 Å². The van der Waals surface area contributed by atoms with E-state index < -0.39 is 29.2 Å². The second-order valence-electron chi connectivity index (χ2n) is 18.5. The summed E-state index contributed by atoms with van der Waals surface area (Å²) in [5, 5.41) is 12.1. The molecule has 5 aliphatic heterocycles. The summed E-state index contributed by atoms with van der Waals surface area (Å²) in [7, 11) is 0. The number of hydrogen-bond donors (Lipinski definition) is 1. The third-order valence-corrected chi connectivity index (χ3v) is 15.0. The molecule has 0 spiro atoms. The van der Waals surface area contributed by atoms with Crippen LogP contribution < -0.4 is 15.5 Å². The van der Waals surface area contributed by atoms with Crippen molar-refractivity contribution in [2.45, 2.75) is 132 Å². The van der Waals surface area contributed by atoms with E-state index in [-0.39, 0.29) is 76.1 Å². The van der Waals surface area contributed by atoms with E-state index in [1.165, 1.54) is 30.7 Å². The number of aromatic nitrogens is 3. The highest BCUT2D eigenvalue weighted by Crippen LogP contribution is 2.48. The molecule has 5 aromatic rings. The average Bonchev–Trinajstić information content (AvgIpc) is 3.98. The highest BCUT2D eigenvalue weighted by atomic mass is 19.1. The highest BCUT2D eigenvalue weighted by molar-refractivity contribution is 6.03. The smallest absolute Gasteiger partial charge is 0.508 e. The molecule has 14 heteroatoms. The summed E-state index contributed by atoms with van der Waals surface area (Å²) < 4.78 is 65.9. The summed E-state index contributed by atoms with van der Waals surface area (Å²) in [6, 6.07) is 5.70. The summed E-state index contributed by atoms with van der Waals surface area (Å²) in [5.74, 6) is 2.07.